The fourth-order valence-corrected chi connectivity index (χ4v) is 3.52. The zero-order valence-corrected chi connectivity index (χ0v) is 14.6. The zero-order chi connectivity index (χ0) is 18.7. The third kappa shape index (κ3) is 4.34. The first-order valence-corrected chi connectivity index (χ1v) is 8.67. The fourth-order valence-electron chi connectivity index (χ4n) is 2.24. The molecule has 0 saturated carbocycles. The lowest BCUT2D eigenvalue weighted by Crippen LogP contribution is -2.19. The smallest absolute Gasteiger partial charge is 0.293 e. The third-order valence-corrected chi connectivity index (χ3v) is 4.75. The zero-order valence-electron chi connectivity index (χ0n) is 13.0. The first-order chi connectivity index (χ1) is 12.3. The first kappa shape index (κ1) is 18.7. The lowest BCUT2D eigenvalue weighted by atomic mass is 10.2. The predicted octanol–water partition coefficient (Wildman–Crippen LogP) is 4.99. The van der Waals surface area contributed by atoms with Crippen LogP contribution in [0.4, 0.5) is 17.6 Å². The Hall–Kier alpha value is -2.13. The van der Waals surface area contributed by atoms with Crippen molar-refractivity contribution < 1.29 is 17.6 Å². The monoisotopic (exact) mass is 402 g/mol. The average Bonchev–Trinajstić information content (AvgIpc) is 2.96. The summed E-state index contributed by atoms with van der Waals surface area (Å²) in [4.78, 5) is 3.84. The van der Waals surface area contributed by atoms with Crippen LogP contribution < -0.4 is 0 Å². The van der Waals surface area contributed by atoms with Gasteiger partial charge in [-0.1, -0.05) is 29.4 Å². The van der Waals surface area contributed by atoms with Gasteiger partial charge in [0.1, 0.15) is 12.4 Å². The van der Waals surface area contributed by atoms with Gasteiger partial charge in [-0.05, 0) is 24.3 Å². The third-order valence-electron chi connectivity index (χ3n) is 3.40. The number of benzene rings is 1. The molecule has 0 aliphatic rings. The normalized spacial score (nSPS) is 11.7. The number of aromatic nitrogens is 4. The van der Waals surface area contributed by atoms with Crippen LogP contribution in [-0.4, -0.2) is 25.9 Å². The van der Waals surface area contributed by atoms with Crippen LogP contribution in [0.2, 0.25) is 5.02 Å². The van der Waals surface area contributed by atoms with Gasteiger partial charge in [0.2, 0.25) is 0 Å². The summed E-state index contributed by atoms with van der Waals surface area (Å²) in [6.07, 6.45) is -1.56. The highest BCUT2D eigenvalue weighted by Crippen LogP contribution is 2.32. The molecule has 26 heavy (non-hydrogen) atoms. The van der Waals surface area contributed by atoms with E-state index in [1.807, 2.05) is 0 Å². The van der Waals surface area contributed by atoms with E-state index in [0.717, 1.165) is 16.3 Å². The van der Waals surface area contributed by atoms with Crippen molar-refractivity contribution in [3.05, 3.63) is 59.1 Å². The maximum Gasteiger partial charge on any atom is 0.406 e. The molecule has 0 fully saturated rings. The van der Waals surface area contributed by atoms with Crippen molar-refractivity contribution in [1.82, 2.24) is 19.7 Å². The Labute approximate surface area is 155 Å². The van der Waals surface area contributed by atoms with Crippen molar-refractivity contribution in [2.75, 3.05) is 0 Å². The number of rotatable bonds is 5. The summed E-state index contributed by atoms with van der Waals surface area (Å²) >= 11 is 6.89. The highest BCUT2D eigenvalue weighted by molar-refractivity contribution is 7.98. The molecule has 0 aliphatic carbocycles. The van der Waals surface area contributed by atoms with Crippen LogP contribution in [-0.2, 0) is 12.3 Å². The summed E-state index contributed by atoms with van der Waals surface area (Å²) in [7, 11) is 0. The van der Waals surface area contributed by atoms with E-state index in [0.29, 0.717) is 5.56 Å². The van der Waals surface area contributed by atoms with Crippen LogP contribution in [0.3, 0.4) is 0 Å². The SMILES string of the molecule is Fc1cccc(Cl)c1CSc1nnc(-c2ccncc2)n1CC(F)(F)F. The molecule has 0 spiro atoms. The van der Waals surface area contributed by atoms with Crippen molar-refractivity contribution in [2.45, 2.75) is 23.6 Å². The standard InChI is InChI=1S/C16H11ClF4N4S/c17-12-2-1-3-13(18)11(12)8-26-15-24-23-14(10-4-6-22-7-5-10)25(15)9-16(19,20)21/h1-7H,8-9H2. The van der Waals surface area contributed by atoms with Gasteiger partial charge in [0.25, 0.3) is 0 Å². The maximum absolute atomic E-state index is 13.9. The van der Waals surface area contributed by atoms with Gasteiger partial charge >= 0.3 is 6.18 Å². The molecule has 0 N–H and O–H groups in total. The minimum atomic E-state index is -4.46. The molecule has 0 bridgehead atoms. The van der Waals surface area contributed by atoms with Crippen molar-refractivity contribution >= 4 is 23.4 Å². The van der Waals surface area contributed by atoms with E-state index in [1.165, 1.54) is 30.6 Å². The van der Waals surface area contributed by atoms with E-state index in [9.17, 15) is 17.6 Å². The maximum atomic E-state index is 13.9. The highest BCUT2D eigenvalue weighted by Gasteiger charge is 2.31. The Balaban J connectivity index is 1.93. The molecule has 0 unspecified atom stereocenters. The van der Waals surface area contributed by atoms with Gasteiger partial charge in [0, 0.05) is 34.3 Å². The van der Waals surface area contributed by atoms with Crippen molar-refractivity contribution in [3.8, 4) is 11.4 Å². The van der Waals surface area contributed by atoms with E-state index in [-0.39, 0.29) is 27.3 Å². The Kier molecular flexibility index (Phi) is 5.47. The topological polar surface area (TPSA) is 43.6 Å². The molecule has 4 nitrogen and oxygen atoms in total. The summed E-state index contributed by atoms with van der Waals surface area (Å²) in [6.45, 7) is -1.26. The van der Waals surface area contributed by atoms with E-state index in [1.54, 1.807) is 12.1 Å². The molecule has 2 heterocycles. The first-order valence-electron chi connectivity index (χ1n) is 7.31. The van der Waals surface area contributed by atoms with Crippen molar-refractivity contribution in [1.29, 1.82) is 0 Å². The number of hydrogen-bond donors (Lipinski definition) is 0. The quantitative estimate of drug-likeness (QED) is 0.445. The highest BCUT2D eigenvalue weighted by atomic mass is 35.5. The Morgan fingerprint density at radius 1 is 1.08 bits per heavy atom. The Morgan fingerprint density at radius 3 is 2.46 bits per heavy atom. The minimum absolute atomic E-state index is 0.0217. The molecule has 0 aliphatic heterocycles. The number of nitrogens with zero attached hydrogens (tertiary/aromatic N) is 4. The molecule has 0 amide bonds. The second-order valence-electron chi connectivity index (χ2n) is 5.23. The molecule has 10 heteroatoms. The molecule has 0 radical (unpaired) electrons. The van der Waals surface area contributed by atoms with Gasteiger partial charge in [-0.3, -0.25) is 9.55 Å². The van der Waals surface area contributed by atoms with Gasteiger partial charge < -0.3 is 0 Å². The van der Waals surface area contributed by atoms with E-state index in [4.69, 9.17) is 11.6 Å². The number of thioether (sulfide) groups is 1. The van der Waals surface area contributed by atoms with E-state index in [2.05, 4.69) is 15.2 Å². The molecule has 0 saturated heterocycles. The largest absolute Gasteiger partial charge is 0.406 e. The average molecular weight is 403 g/mol. The van der Waals surface area contributed by atoms with Crippen LogP contribution in [0.15, 0.2) is 47.9 Å². The number of halogens is 5. The second kappa shape index (κ2) is 7.63. The van der Waals surface area contributed by atoms with E-state index >= 15 is 0 Å². The Bertz CT molecular complexity index is 879. The lowest BCUT2D eigenvalue weighted by molar-refractivity contribution is -0.141. The van der Waals surface area contributed by atoms with Crippen molar-refractivity contribution in [2.24, 2.45) is 0 Å². The summed E-state index contributed by atoms with van der Waals surface area (Å²) in [6, 6.07) is 7.30. The summed E-state index contributed by atoms with van der Waals surface area (Å²) in [5, 5.41) is 7.93. The van der Waals surface area contributed by atoms with Gasteiger partial charge in [-0.15, -0.1) is 10.2 Å². The van der Waals surface area contributed by atoms with Gasteiger partial charge in [-0.2, -0.15) is 13.2 Å². The van der Waals surface area contributed by atoms with E-state index < -0.39 is 18.5 Å². The molecule has 1 aromatic carbocycles. The second-order valence-corrected chi connectivity index (χ2v) is 6.58. The van der Waals surface area contributed by atoms with Crippen LogP contribution in [0.25, 0.3) is 11.4 Å². The number of pyridine rings is 1. The van der Waals surface area contributed by atoms with Gasteiger partial charge in [0.05, 0.1) is 0 Å². The molecular weight excluding hydrogens is 392 g/mol. The molecule has 3 rings (SSSR count). The summed E-state index contributed by atoms with van der Waals surface area (Å²) in [5.74, 6) is -0.439. The Morgan fingerprint density at radius 2 is 1.81 bits per heavy atom. The lowest BCUT2D eigenvalue weighted by Gasteiger charge is -2.13. The predicted molar refractivity (Wildman–Crippen MR) is 90.3 cm³/mol. The molecule has 3 aromatic rings. The fraction of sp³-hybridized carbons (Fsp3) is 0.188. The van der Waals surface area contributed by atoms with Crippen LogP contribution in [0.5, 0.6) is 0 Å². The van der Waals surface area contributed by atoms with Crippen LogP contribution >= 0.6 is 23.4 Å². The summed E-state index contributed by atoms with van der Waals surface area (Å²) in [5.41, 5.74) is 0.652. The molecular formula is C16H11ClF4N4S. The van der Waals surface area contributed by atoms with Crippen molar-refractivity contribution in [3.63, 3.8) is 0 Å². The number of alkyl halides is 3. The van der Waals surface area contributed by atoms with Crippen LogP contribution in [0, 0.1) is 5.82 Å². The minimum Gasteiger partial charge on any atom is -0.293 e. The summed E-state index contributed by atoms with van der Waals surface area (Å²) < 4.78 is 53.8. The molecule has 0 atom stereocenters. The van der Waals surface area contributed by atoms with Crippen LogP contribution in [0.1, 0.15) is 5.56 Å². The van der Waals surface area contributed by atoms with Gasteiger partial charge in [-0.25, -0.2) is 4.39 Å². The number of hydrogen-bond acceptors (Lipinski definition) is 4. The molecule has 136 valence electrons. The molecule has 2 aromatic heterocycles. The van der Waals surface area contributed by atoms with Gasteiger partial charge in [0.15, 0.2) is 11.0 Å².